The standard InChI is InChI=1S/C14H12BrFN2O2/c15-12-4-2-1-3-9(12)8-20-13-6-5-10(16)7-11(13)14(17)18-19/h1-7,19H,8H2,(H2,17,18). The molecule has 0 aromatic heterocycles. The third-order valence-corrected chi connectivity index (χ3v) is 3.44. The number of amidine groups is 1. The molecule has 6 heteroatoms. The molecule has 0 unspecified atom stereocenters. The maximum atomic E-state index is 13.2. The predicted molar refractivity (Wildman–Crippen MR) is 77.4 cm³/mol. The Kier molecular flexibility index (Phi) is 4.57. The van der Waals surface area contributed by atoms with Crippen LogP contribution in [0.2, 0.25) is 0 Å². The Balaban J connectivity index is 2.24. The van der Waals surface area contributed by atoms with Crippen LogP contribution in [0.3, 0.4) is 0 Å². The summed E-state index contributed by atoms with van der Waals surface area (Å²) in [7, 11) is 0. The molecule has 0 fully saturated rings. The molecule has 0 bridgehead atoms. The number of oxime groups is 1. The van der Waals surface area contributed by atoms with E-state index in [1.165, 1.54) is 12.1 Å². The number of halogens is 2. The zero-order valence-corrected chi connectivity index (χ0v) is 12.0. The van der Waals surface area contributed by atoms with E-state index in [0.29, 0.717) is 5.75 Å². The number of nitrogens with zero attached hydrogens (tertiary/aromatic N) is 1. The van der Waals surface area contributed by atoms with E-state index >= 15 is 0 Å². The lowest BCUT2D eigenvalue weighted by Crippen LogP contribution is -2.15. The van der Waals surface area contributed by atoms with E-state index in [1.807, 2.05) is 24.3 Å². The van der Waals surface area contributed by atoms with Crippen molar-refractivity contribution in [1.82, 2.24) is 0 Å². The van der Waals surface area contributed by atoms with Gasteiger partial charge in [0.05, 0.1) is 5.56 Å². The van der Waals surface area contributed by atoms with Gasteiger partial charge in [-0.3, -0.25) is 0 Å². The molecule has 0 aliphatic carbocycles. The molecule has 2 aromatic rings. The number of benzene rings is 2. The van der Waals surface area contributed by atoms with E-state index in [-0.39, 0.29) is 18.0 Å². The van der Waals surface area contributed by atoms with Crippen molar-refractivity contribution in [1.29, 1.82) is 0 Å². The normalized spacial score (nSPS) is 11.4. The summed E-state index contributed by atoms with van der Waals surface area (Å²) in [5.74, 6) is -0.344. The van der Waals surface area contributed by atoms with Crippen LogP contribution in [0.4, 0.5) is 4.39 Å². The molecule has 20 heavy (non-hydrogen) atoms. The molecule has 3 N–H and O–H groups in total. The van der Waals surface area contributed by atoms with Gasteiger partial charge in [0, 0.05) is 10.0 Å². The highest BCUT2D eigenvalue weighted by atomic mass is 79.9. The van der Waals surface area contributed by atoms with Crippen LogP contribution in [0.15, 0.2) is 52.1 Å². The molecule has 0 spiro atoms. The summed E-state index contributed by atoms with van der Waals surface area (Å²) in [4.78, 5) is 0. The highest BCUT2D eigenvalue weighted by molar-refractivity contribution is 9.10. The molecule has 0 atom stereocenters. The highest BCUT2D eigenvalue weighted by Crippen LogP contribution is 2.23. The maximum Gasteiger partial charge on any atom is 0.173 e. The Hall–Kier alpha value is -2.08. The lowest BCUT2D eigenvalue weighted by Gasteiger charge is -2.11. The summed E-state index contributed by atoms with van der Waals surface area (Å²) < 4.78 is 19.7. The van der Waals surface area contributed by atoms with Gasteiger partial charge in [0.2, 0.25) is 0 Å². The molecule has 4 nitrogen and oxygen atoms in total. The molecule has 104 valence electrons. The van der Waals surface area contributed by atoms with Gasteiger partial charge in [0.1, 0.15) is 18.2 Å². The fourth-order valence-electron chi connectivity index (χ4n) is 1.65. The Labute approximate surface area is 123 Å². The third-order valence-electron chi connectivity index (χ3n) is 2.67. The number of rotatable bonds is 4. The Morgan fingerprint density at radius 3 is 2.75 bits per heavy atom. The van der Waals surface area contributed by atoms with Crippen molar-refractivity contribution in [2.24, 2.45) is 10.9 Å². The summed E-state index contributed by atoms with van der Waals surface area (Å²) in [6, 6.07) is 11.4. The molecule has 2 aromatic carbocycles. The minimum absolute atomic E-state index is 0.202. The zero-order chi connectivity index (χ0) is 14.5. The number of nitrogens with two attached hydrogens (primary N) is 1. The average Bonchev–Trinajstić information content (AvgIpc) is 2.46. The van der Waals surface area contributed by atoms with Gasteiger partial charge in [-0.1, -0.05) is 39.3 Å². The topological polar surface area (TPSA) is 67.8 Å². The molecule has 0 amide bonds. The van der Waals surface area contributed by atoms with E-state index in [9.17, 15) is 4.39 Å². The summed E-state index contributed by atoms with van der Waals surface area (Å²) >= 11 is 3.41. The van der Waals surface area contributed by atoms with Gasteiger partial charge in [-0.15, -0.1) is 0 Å². The fraction of sp³-hybridized carbons (Fsp3) is 0.0714. The van der Waals surface area contributed by atoms with Gasteiger partial charge in [-0.25, -0.2) is 4.39 Å². The van der Waals surface area contributed by atoms with Crippen LogP contribution in [0.1, 0.15) is 11.1 Å². The molecule has 0 saturated heterocycles. The number of ether oxygens (including phenoxy) is 1. The van der Waals surface area contributed by atoms with Crippen LogP contribution in [-0.2, 0) is 6.61 Å². The molecule has 0 radical (unpaired) electrons. The van der Waals surface area contributed by atoms with Crippen molar-refractivity contribution in [2.45, 2.75) is 6.61 Å². The van der Waals surface area contributed by atoms with Gasteiger partial charge < -0.3 is 15.7 Å². The largest absolute Gasteiger partial charge is 0.488 e. The summed E-state index contributed by atoms with van der Waals surface area (Å²) in [5, 5.41) is 11.6. The van der Waals surface area contributed by atoms with Gasteiger partial charge in [0.25, 0.3) is 0 Å². The smallest absolute Gasteiger partial charge is 0.173 e. The average molecular weight is 339 g/mol. The minimum atomic E-state index is -0.486. The van der Waals surface area contributed by atoms with Crippen LogP contribution in [-0.4, -0.2) is 11.0 Å². The predicted octanol–water partition coefficient (Wildman–Crippen LogP) is 3.26. The van der Waals surface area contributed by atoms with Gasteiger partial charge in [-0.2, -0.15) is 0 Å². The first-order chi connectivity index (χ1) is 9.61. The minimum Gasteiger partial charge on any atom is -0.488 e. The molecule has 0 aliphatic rings. The molecule has 0 aliphatic heterocycles. The van der Waals surface area contributed by atoms with Crippen LogP contribution in [0.25, 0.3) is 0 Å². The molecule has 0 saturated carbocycles. The monoisotopic (exact) mass is 338 g/mol. The molecular weight excluding hydrogens is 327 g/mol. The first-order valence-corrected chi connectivity index (χ1v) is 6.54. The van der Waals surface area contributed by atoms with E-state index < -0.39 is 5.82 Å². The van der Waals surface area contributed by atoms with Crippen molar-refractivity contribution >= 4 is 21.8 Å². The van der Waals surface area contributed by atoms with Crippen LogP contribution >= 0.6 is 15.9 Å². The van der Waals surface area contributed by atoms with Gasteiger partial charge in [-0.05, 0) is 24.3 Å². The van der Waals surface area contributed by atoms with Crippen molar-refractivity contribution in [3.63, 3.8) is 0 Å². The lowest BCUT2D eigenvalue weighted by atomic mass is 10.1. The van der Waals surface area contributed by atoms with Crippen molar-refractivity contribution in [3.8, 4) is 5.75 Å². The summed E-state index contributed by atoms with van der Waals surface area (Å²) in [6.45, 7) is 0.277. The second-order valence-corrected chi connectivity index (χ2v) is 4.86. The molecule has 2 rings (SSSR count). The Morgan fingerprint density at radius 2 is 2.05 bits per heavy atom. The van der Waals surface area contributed by atoms with E-state index in [1.54, 1.807) is 0 Å². The van der Waals surface area contributed by atoms with Gasteiger partial charge >= 0.3 is 0 Å². The van der Waals surface area contributed by atoms with E-state index in [4.69, 9.17) is 15.7 Å². The quantitative estimate of drug-likeness (QED) is 0.389. The van der Waals surface area contributed by atoms with E-state index in [0.717, 1.165) is 16.1 Å². The van der Waals surface area contributed by atoms with Gasteiger partial charge in [0.15, 0.2) is 5.84 Å². The van der Waals surface area contributed by atoms with Crippen LogP contribution < -0.4 is 10.5 Å². The first kappa shape index (κ1) is 14.3. The van der Waals surface area contributed by atoms with E-state index in [2.05, 4.69) is 21.1 Å². The molecule has 0 heterocycles. The van der Waals surface area contributed by atoms with Crippen LogP contribution in [0, 0.1) is 5.82 Å². The number of hydrogen-bond acceptors (Lipinski definition) is 3. The number of hydrogen-bond donors (Lipinski definition) is 2. The second kappa shape index (κ2) is 6.38. The van der Waals surface area contributed by atoms with Crippen molar-refractivity contribution in [2.75, 3.05) is 0 Å². The molecular formula is C14H12BrFN2O2. The SMILES string of the molecule is N/C(=N/O)c1cc(F)ccc1OCc1ccccc1Br. The zero-order valence-electron chi connectivity index (χ0n) is 10.4. The first-order valence-electron chi connectivity index (χ1n) is 5.75. The van der Waals surface area contributed by atoms with Crippen molar-refractivity contribution < 1.29 is 14.3 Å². The summed E-state index contributed by atoms with van der Waals surface area (Å²) in [6.07, 6.45) is 0. The maximum absolute atomic E-state index is 13.2. The lowest BCUT2D eigenvalue weighted by molar-refractivity contribution is 0.302. The fourth-order valence-corrected chi connectivity index (χ4v) is 2.05. The van der Waals surface area contributed by atoms with Crippen LogP contribution in [0.5, 0.6) is 5.75 Å². The highest BCUT2D eigenvalue weighted by Gasteiger charge is 2.10. The third kappa shape index (κ3) is 3.27. The Bertz CT molecular complexity index is 647. The summed E-state index contributed by atoms with van der Waals surface area (Å²) in [5.41, 5.74) is 6.65. The van der Waals surface area contributed by atoms with Crippen molar-refractivity contribution in [3.05, 3.63) is 63.9 Å². The Morgan fingerprint density at radius 1 is 1.30 bits per heavy atom. The second-order valence-electron chi connectivity index (χ2n) is 4.01.